The lowest BCUT2D eigenvalue weighted by Gasteiger charge is -2.32. The Hall–Kier alpha value is -1.02. The van der Waals surface area contributed by atoms with Crippen molar-refractivity contribution in [2.75, 3.05) is 18.0 Å². The van der Waals surface area contributed by atoms with Crippen LogP contribution in [0.4, 0.5) is 5.69 Å². The van der Waals surface area contributed by atoms with Gasteiger partial charge >= 0.3 is 0 Å². The summed E-state index contributed by atoms with van der Waals surface area (Å²) in [6.07, 6.45) is 2.12. The van der Waals surface area contributed by atoms with E-state index >= 15 is 0 Å². The fourth-order valence-corrected chi connectivity index (χ4v) is 2.12. The standard InChI is InChI=1S/C12H17NO/c1-10(14)9-13-8-4-6-11-5-2-3-7-12(11)13/h2-3,5,7,10,14H,4,6,8-9H2,1H3. The Kier molecular flexibility index (Phi) is 2.73. The van der Waals surface area contributed by atoms with Gasteiger partial charge in [0, 0.05) is 18.8 Å². The first kappa shape index (κ1) is 9.53. The van der Waals surface area contributed by atoms with E-state index in [-0.39, 0.29) is 6.10 Å². The molecule has 1 N–H and O–H groups in total. The molecule has 1 aliphatic heterocycles. The van der Waals surface area contributed by atoms with Gasteiger partial charge in [0.2, 0.25) is 0 Å². The Labute approximate surface area is 85.2 Å². The van der Waals surface area contributed by atoms with Crippen LogP contribution in [0, 0.1) is 0 Å². The lowest BCUT2D eigenvalue weighted by atomic mass is 10.0. The van der Waals surface area contributed by atoms with Gasteiger partial charge in [0.15, 0.2) is 0 Å². The molecule has 1 aliphatic rings. The highest BCUT2D eigenvalue weighted by Crippen LogP contribution is 2.26. The van der Waals surface area contributed by atoms with Crippen molar-refractivity contribution in [3.8, 4) is 0 Å². The average molecular weight is 191 g/mol. The largest absolute Gasteiger partial charge is 0.392 e. The van der Waals surface area contributed by atoms with Gasteiger partial charge in [-0.05, 0) is 31.4 Å². The molecule has 1 unspecified atom stereocenters. The number of hydrogen-bond acceptors (Lipinski definition) is 2. The summed E-state index contributed by atoms with van der Waals surface area (Å²) in [7, 11) is 0. The van der Waals surface area contributed by atoms with Gasteiger partial charge in [-0.25, -0.2) is 0 Å². The summed E-state index contributed by atoms with van der Waals surface area (Å²) >= 11 is 0. The number of nitrogens with zero attached hydrogens (tertiary/aromatic N) is 1. The Bertz CT molecular complexity index is 309. The van der Waals surface area contributed by atoms with Gasteiger partial charge in [0.1, 0.15) is 0 Å². The van der Waals surface area contributed by atoms with Crippen molar-refractivity contribution in [3.05, 3.63) is 29.8 Å². The minimum absolute atomic E-state index is 0.249. The molecule has 1 aromatic rings. The number of benzene rings is 1. The molecule has 2 heteroatoms. The molecule has 0 aliphatic carbocycles. The maximum atomic E-state index is 9.39. The summed E-state index contributed by atoms with van der Waals surface area (Å²) in [4.78, 5) is 2.28. The van der Waals surface area contributed by atoms with E-state index in [9.17, 15) is 5.11 Å². The highest BCUT2D eigenvalue weighted by Gasteiger charge is 2.16. The molecule has 14 heavy (non-hydrogen) atoms. The third-order valence-corrected chi connectivity index (χ3v) is 2.69. The smallest absolute Gasteiger partial charge is 0.0687 e. The molecule has 0 fully saturated rings. The average Bonchev–Trinajstić information content (AvgIpc) is 2.18. The van der Waals surface area contributed by atoms with E-state index in [4.69, 9.17) is 0 Å². The van der Waals surface area contributed by atoms with E-state index < -0.39 is 0 Å². The van der Waals surface area contributed by atoms with Crippen LogP contribution in [0.2, 0.25) is 0 Å². The lowest BCUT2D eigenvalue weighted by molar-refractivity contribution is 0.199. The van der Waals surface area contributed by atoms with Crippen LogP contribution in [0.1, 0.15) is 18.9 Å². The van der Waals surface area contributed by atoms with Crippen LogP contribution in [-0.4, -0.2) is 24.3 Å². The minimum Gasteiger partial charge on any atom is -0.392 e. The highest BCUT2D eigenvalue weighted by molar-refractivity contribution is 5.55. The van der Waals surface area contributed by atoms with Crippen molar-refractivity contribution in [3.63, 3.8) is 0 Å². The van der Waals surface area contributed by atoms with E-state index in [1.807, 2.05) is 6.92 Å². The van der Waals surface area contributed by atoms with E-state index in [0.717, 1.165) is 13.1 Å². The molecule has 1 heterocycles. The van der Waals surface area contributed by atoms with Crippen molar-refractivity contribution >= 4 is 5.69 Å². The van der Waals surface area contributed by atoms with E-state index in [2.05, 4.69) is 29.2 Å². The third-order valence-electron chi connectivity index (χ3n) is 2.69. The third kappa shape index (κ3) is 1.90. The van der Waals surface area contributed by atoms with E-state index in [1.54, 1.807) is 0 Å². The second-order valence-electron chi connectivity index (χ2n) is 4.03. The number of hydrogen-bond donors (Lipinski definition) is 1. The molecule has 1 atom stereocenters. The van der Waals surface area contributed by atoms with Gasteiger partial charge in [-0.3, -0.25) is 0 Å². The Balaban J connectivity index is 2.22. The molecule has 0 saturated carbocycles. The number of aryl methyl sites for hydroxylation is 1. The predicted molar refractivity (Wildman–Crippen MR) is 58.7 cm³/mol. The van der Waals surface area contributed by atoms with Crippen LogP contribution in [0.15, 0.2) is 24.3 Å². The first-order valence-electron chi connectivity index (χ1n) is 5.28. The van der Waals surface area contributed by atoms with Gasteiger partial charge in [0.25, 0.3) is 0 Å². The second-order valence-corrected chi connectivity index (χ2v) is 4.03. The quantitative estimate of drug-likeness (QED) is 0.770. The number of anilines is 1. The molecule has 0 saturated heterocycles. The molecule has 1 aromatic carbocycles. The monoisotopic (exact) mass is 191 g/mol. The maximum Gasteiger partial charge on any atom is 0.0687 e. The summed E-state index contributed by atoms with van der Waals surface area (Å²) in [5, 5.41) is 9.39. The van der Waals surface area contributed by atoms with Gasteiger partial charge in [-0.15, -0.1) is 0 Å². The molecule has 0 aromatic heterocycles. The highest BCUT2D eigenvalue weighted by atomic mass is 16.3. The predicted octanol–water partition coefficient (Wildman–Crippen LogP) is 1.82. The van der Waals surface area contributed by atoms with Gasteiger partial charge in [0.05, 0.1) is 6.10 Å². The summed E-state index contributed by atoms with van der Waals surface area (Å²) in [5.41, 5.74) is 2.72. The number of para-hydroxylation sites is 1. The van der Waals surface area contributed by atoms with Crippen LogP contribution in [-0.2, 0) is 6.42 Å². The molecule has 0 spiro atoms. The van der Waals surface area contributed by atoms with Crippen molar-refractivity contribution in [2.24, 2.45) is 0 Å². The first-order valence-corrected chi connectivity index (χ1v) is 5.28. The zero-order chi connectivity index (χ0) is 9.97. The van der Waals surface area contributed by atoms with Gasteiger partial charge in [-0.2, -0.15) is 0 Å². The van der Waals surface area contributed by atoms with Crippen LogP contribution in [0.3, 0.4) is 0 Å². The van der Waals surface area contributed by atoms with E-state index in [0.29, 0.717) is 0 Å². The van der Waals surface area contributed by atoms with Crippen molar-refractivity contribution in [1.29, 1.82) is 0 Å². The van der Waals surface area contributed by atoms with Gasteiger partial charge < -0.3 is 10.0 Å². The van der Waals surface area contributed by atoms with Crippen molar-refractivity contribution < 1.29 is 5.11 Å². The molecule has 2 rings (SSSR count). The normalized spacial score (nSPS) is 17.7. The summed E-state index contributed by atoms with van der Waals surface area (Å²) < 4.78 is 0. The first-order chi connectivity index (χ1) is 6.77. The fraction of sp³-hybridized carbons (Fsp3) is 0.500. The lowest BCUT2D eigenvalue weighted by Crippen LogP contribution is -2.35. The molecule has 76 valence electrons. The fourth-order valence-electron chi connectivity index (χ4n) is 2.12. The summed E-state index contributed by atoms with van der Waals surface area (Å²) in [5.74, 6) is 0. The number of rotatable bonds is 2. The summed E-state index contributed by atoms with van der Waals surface area (Å²) in [6.45, 7) is 3.66. The molecule has 2 nitrogen and oxygen atoms in total. The number of β-amino-alcohol motifs (C(OH)–C–C–N with tert-alkyl or cyclic N) is 1. The molecule has 0 bridgehead atoms. The minimum atomic E-state index is -0.249. The zero-order valence-corrected chi connectivity index (χ0v) is 8.61. The molecular formula is C12H17NO. The molecule has 0 radical (unpaired) electrons. The van der Waals surface area contributed by atoms with Crippen LogP contribution in [0.5, 0.6) is 0 Å². The molecule has 0 amide bonds. The van der Waals surface area contributed by atoms with Crippen LogP contribution < -0.4 is 4.90 Å². The second kappa shape index (κ2) is 4.01. The van der Waals surface area contributed by atoms with E-state index in [1.165, 1.54) is 24.1 Å². The van der Waals surface area contributed by atoms with Crippen LogP contribution >= 0.6 is 0 Å². The Morgan fingerprint density at radius 1 is 1.43 bits per heavy atom. The number of aliphatic hydroxyl groups excluding tert-OH is 1. The summed E-state index contributed by atoms with van der Waals surface area (Å²) in [6, 6.07) is 8.49. The number of fused-ring (bicyclic) bond motifs is 1. The van der Waals surface area contributed by atoms with Crippen molar-refractivity contribution in [2.45, 2.75) is 25.9 Å². The Morgan fingerprint density at radius 3 is 3.00 bits per heavy atom. The number of aliphatic hydroxyl groups is 1. The SMILES string of the molecule is CC(O)CN1CCCc2ccccc21. The molecular weight excluding hydrogens is 174 g/mol. The topological polar surface area (TPSA) is 23.5 Å². The Morgan fingerprint density at radius 2 is 2.21 bits per heavy atom. The van der Waals surface area contributed by atoms with Crippen molar-refractivity contribution in [1.82, 2.24) is 0 Å². The van der Waals surface area contributed by atoms with Crippen LogP contribution in [0.25, 0.3) is 0 Å². The zero-order valence-electron chi connectivity index (χ0n) is 8.61. The van der Waals surface area contributed by atoms with Gasteiger partial charge in [-0.1, -0.05) is 18.2 Å². The maximum absolute atomic E-state index is 9.39.